The fourth-order valence-electron chi connectivity index (χ4n) is 1.47. The van der Waals surface area contributed by atoms with Crippen molar-refractivity contribution in [2.45, 2.75) is 13.5 Å². The summed E-state index contributed by atoms with van der Waals surface area (Å²) in [7, 11) is 0. The van der Waals surface area contributed by atoms with Gasteiger partial charge in [-0.2, -0.15) is 9.94 Å². The van der Waals surface area contributed by atoms with Crippen molar-refractivity contribution in [3.05, 3.63) is 51.5 Å². The Hall–Kier alpha value is -2.75. The van der Waals surface area contributed by atoms with E-state index >= 15 is 0 Å². The summed E-state index contributed by atoms with van der Waals surface area (Å²) >= 11 is 0. The van der Waals surface area contributed by atoms with Gasteiger partial charge in [-0.15, -0.1) is 0 Å². The van der Waals surface area contributed by atoms with Crippen molar-refractivity contribution in [2.24, 2.45) is 0 Å². The topological polar surface area (TPSA) is 97.6 Å². The molecule has 2 heterocycles. The van der Waals surface area contributed by atoms with Crippen LogP contribution in [0.15, 0.2) is 24.4 Å². The van der Waals surface area contributed by atoms with Gasteiger partial charge in [0.2, 0.25) is 0 Å². The number of aryl methyl sites for hydroxylation is 1. The lowest BCUT2D eigenvalue weighted by Crippen LogP contribution is -2.04. The largest absolute Gasteiger partial charge is 0.389 e. The molecule has 18 heavy (non-hydrogen) atoms. The molecule has 0 unspecified atom stereocenters. The van der Waals surface area contributed by atoms with Crippen LogP contribution in [0.4, 0.5) is 5.82 Å². The summed E-state index contributed by atoms with van der Waals surface area (Å²) in [5.41, 5.74) is 1.79. The van der Waals surface area contributed by atoms with Gasteiger partial charge in [0.1, 0.15) is 18.3 Å². The molecule has 0 aliphatic heterocycles. The third-order valence-electron chi connectivity index (χ3n) is 2.40. The van der Waals surface area contributed by atoms with Gasteiger partial charge in [-0.05, 0) is 23.5 Å². The molecule has 7 heteroatoms. The van der Waals surface area contributed by atoms with Gasteiger partial charge in [0.25, 0.3) is 0 Å². The minimum absolute atomic E-state index is 0.206. The molecule has 0 aromatic carbocycles. The Kier molecular flexibility index (Phi) is 3.02. The zero-order chi connectivity index (χ0) is 13.1. The first-order valence-electron chi connectivity index (χ1n) is 5.14. The van der Waals surface area contributed by atoms with Crippen molar-refractivity contribution in [1.29, 1.82) is 5.26 Å². The Morgan fingerprint density at radius 3 is 2.89 bits per heavy atom. The van der Waals surface area contributed by atoms with E-state index in [1.807, 2.05) is 6.07 Å². The fourth-order valence-corrected chi connectivity index (χ4v) is 1.47. The SMILES string of the molecule is Cc1ccc(Cn2ccc([N+](=O)[O-])n2)nc1C#N. The molecule has 0 saturated heterocycles. The fraction of sp³-hybridized carbons (Fsp3) is 0.182. The van der Waals surface area contributed by atoms with Crippen LogP contribution in [0.25, 0.3) is 0 Å². The molecule has 0 bridgehead atoms. The van der Waals surface area contributed by atoms with E-state index in [1.54, 1.807) is 19.1 Å². The molecule has 2 aromatic heterocycles. The highest BCUT2D eigenvalue weighted by molar-refractivity contribution is 5.31. The maximum Gasteiger partial charge on any atom is 0.389 e. The molecule has 0 spiro atoms. The van der Waals surface area contributed by atoms with Crippen LogP contribution < -0.4 is 0 Å². The molecule has 90 valence electrons. The van der Waals surface area contributed by atoms with Crippen molar-refractivity contribution < 1.29 is 4.92 Å². The zero-order valence-corrected chi connectivity index (χ0v) is 9.57. The Morgan fingerprint density at radius 2 is 2.28 bits per heavy atom. The predicted octanol–water partition coefficient (Wildman–Crippen LogP) is 1.41. The molecular weight excluding hydrogens is 234 g/mol. The van der Waals surface area contributed by atoms with Gasteiger partial charge in [0.15, 0.2) is 0 Å². The average Bonchev–Trinajstić information content (AvgIpc) is 2.80. The van der Waals surface area contributed by atoms with Crippen LogP contribution in [0.3, 0.4) is 0 Å². The second-order valence-electron chi connectivity index (χ2n) is 3.71. The van der Waals surface area contributed by atoms with Crippen LogP contribution in [-0.2, 0) is 6.54 Å². The molecule has 2 aromatic rings. The minimum Gasteiger partial charge on any atom is -0.358 e. The monoisotopic (exact) mass is 243 g/mol. The Bertz CT molecular complexity index is 641. The van der Waals surface area contributed by atoms with Crippen molar-refractivity contribution in [2.75, 3.05) is 0 Å². The van der Waals surface area contributed by atoms with Gasteiger partial charge in [0.05, 0.1) is 23.1 Å². The van der Waals surface area contributed by atoms with E-state index < -0.39 is 4.92 Å². The van der Waals surface area contributed by atoms with Gasteiger partial charge >= 0.3 is 5.82 Å². The lowest BCUT2D eigenvalue weighted by molar-refractivity contribution is -0.389. The summed E-state index contributed by atoms with van der Waals surface area (Å²) in [6, 6.07) is 6.87. The van der Waals surface area contributed by atoms with E-state index in [2.05, 4.69) is 10.1 Å². The van der Waals surface area contributed by atoms with E-state index in [0.29, 0.717) is 17.9 Å². The normalized spacial score (nSPS) is 10.0. The summed E-state index contributed by atoms with van der Waals surface area (Å²) in [6.45, 7) is 2.09. The first-order chi connectivity index (χ1) is 8.60. The number of hydrogen-bond donors (Lipinski definition) is 0. The van der Waals surface area contributed by atoms with E-state index in [9.17, 15) is 10.1 Å². The van der Waals surface area contributed by atoms with Gasteiger partial charge in [0, 0.05) is 0 Å². The molecule has 0 fully saturated rings. The molecule has 7 nitrogen and oxygen atoms in total. The van der Waals surface area contributed by atoms with Crippen LogP contribution >= 0.6 is 0 Å². The van der Waals surface area contributed by atoms with Crippen LogP contribution in [0.2, 0.25) is 0 Å². The molecule has 0 N–H and O–H groups in total. The molecule has 0 aliphatic rings. The number of rotatable bonds is 3. The predicted molar refractivity (Wildman–Crippen MR) is 61.7 cm³/mol. The maximum atomic E-state index is 10.5. The second kappa shape index (κ2) is 4.63. The second-order valence-corrected chi connectivity index (χ2v) is 3.71. The molecule has 2 rings (SSSR count). The van der Waals surface area contributed by atoms with Gasteiger partial charge < -0.3 is 10.1 Å². The van der Waals surface area contributed by atoms with Crippen LogP contribution in [0.1, 0.15) is 17.0 Å². The summed E-state index contributed by atoms with van der Waals surface area (Å²) in [6.07, 6.45) is 1.51. The van der Waals surface area contributed by atoms with Crippen molar-refractivity contribution in [3.63, 3.8) is 0 Å². The zero-order valence-electron chi connectivity index (χ0n) is 9.57. The summed E-state index contributed by atoms with van der Waals surface area (Å²) in [5.74, 6) is -0.206. The number of nitrogens with zero attached hydrogens (tertiary/aromatic N) is 5. The summed E-state index contributed by atoms with van der Waals surface area (Å²) in [5, 5.41) is 23.1. The quantitative estimate of drug-likeness (QED) is 0.599. The van der Waals surface area contributed by atoms with E-state index in [1.165, 1.54) is 16.9 Å². The number of aromatic nitrogens is 3. The van der Waals surface area contributed by atoms with Gasteiger partial charge in [-0.25, -0.2) is 4.98 Å². The third-order valence-corrected chi connectivity index (χ3v) is 2.40. The summed E-state index contributed by atoms with van der Waals surface area (Å²) in [4.78, 5) is 14.1. The number of pyridine rings is 1. The average molecular weight is 243 g/mol. The van der Waals surface area contributed by atoms with E-state index in [4.69, 9.17) is 5.26 Å². The van der Waals surface area contributed by atoms with Crippen LogP contribution in [0, 0.1) is 28.4 Å². The number of nitro groups is 1. The third kappa shape index (κ3) is 2.32. The smallest absolute Gasteiger partial charge is 0.358 e. The van der Waals surface area contributed by atoms with Crippen molar-refractivity contribution in [1.82, 2.24) is 14.8 Å². The van der Waals surface area contributed by atoms with Crippen molar-refractivity contribution >= 4 is 5.82 Å². The first kappa shape index (κ1) is 11.7. The van der Waals surface area contributed by atoms with Gasteiger partial charge in [-0.1, -0.05) is 6.07 Å². The lowest BCUT2D eigenvalue weighted by atomic mass is 10.2. The molecule has 0 aliphatic carbocycles. The lowest BCUT2D eigenvalue weighted by Gasteiger charge is -2.00. The number of hydrogen-bond acceptors (Lipinski definition) is 5. The highest BCUT2D eigenvalue weighted by Crippen LogP contribution is 2.09. The molecule has 0 amide bonds. The van der Waals surface area contributed by atoms with Crippen LogP contribution in [-0.4, -0.2) is 19.7 Å². The first-order valence-corrected chi connectivity index (χ1v) is 5.14. The molecular formula is C11H9N5O2. The van der Waals surface area contributed by atoms with E-state index in [-0.39, 0.29) is 5.82 Å². The molecule has 0 saturated carbocycles. The van der Waals surface area contributed by atoms with Crippen molar-refractivity contribution in [3.8, 4) is 6.07 Å². The molecule has 0 atom stereocenters. The highest BCUT2D eigenvalue weighted by Gasteiger charge is 2.11. The Morgan fingerprint density at radius 1 is 1.50 bits per heavy atom. The minimum atomic E-state index is -0.556. The molecule has 0 radical (unpaired) electrons. The van der Waals surface area contributed by atoms with Crippen LogP contribution in [0.5, 0.6) is 0 Å². The maximum absolute atomic E-state index is 10.5. The standard InChI is InChI=1S/C11H9N5O2/c1-8-2-3-9(13-10(8)6-12)7-15-5-4-11(14-15)16(17)18/h2-5H,7H2,1H3. The number of nitriles is 1. The summed E-state index contributed by atoms with van der Waals surface area (Å²) < 4.78 is 1.41. The highest BCUT2D eigenvalue weighted by atomic mass is 16.6. The Balaban J connectivity index is 2.23. The Labute approximate surface area is 102 Å². The van der Waals surface area contributed by atoms with Gasteiger partial charge in [-0.3, -0.25) is 0 Å². The van der Waals surface area contributed by atoms with E-state index in [0.717, 1.165) is 5.56 Å².